The highest BCUT2D eigenvalue weighted by Crippen LogP contribution is 2.27. The second kappa shape index (κ2) is 5.58. The van der Waals surface area contributed by atoms with Crippen LogP contribution in [0.25, 0.3) is 0 Å². The molecule has 0 bridgehead atoms. The Kier molecular flexibility index (Phi) is 3.76. The summed E-state index contributed by atoms with van der Waals surface area (Å²) in [6.07, 6.45) is -0.0537. The summed E-state index contributed by atoms with van der Waals surface area (Å²) in [6.45, 7) is 1.71. The molecule has 22 heavy (non-hydrogen) atoms. The van der Waals surface area contributed by atoms with Gasteiger partial charge in [0.2, 0.25) is 11.9 Å². The maximum Gasteiger partial charge on any atom is 0.252 e. The first-order chi connectivity index (χ1) is 10.4. The van der Waals surface area contributed by atoms with Gasteiger partial charge in [0, 0.05) is 5.69 Å². The summed E-state index contributed by atoms with van der Waals surface area (Å²) in [6, 6.07) is 4.05. The molecule has 0 saturated carbocycles. The third-order valence-corrected chi connectivity index (χ3v) is 3.89. The average Bonchev–Trinajstić information content (AvgIpc) is 2.92. The third kappa shape index (κ3) is 2.77. The first kappa shape index (κ1) is 14.8. The molecule has 0 unspecified atom stereocenters. The number of fused-ring (bicyclic) bond motifs is 1. The molecule has 0 aliphatic carbocycles. The van der Waals surface area contributed by atoms with Crippen LogP contribution in [-0.2, 0) is 9.59 Å². The summed E-state index contributed by atoms with van der Waals surface area (Å²) in [4.78, 5) is 28.0. The zero-order valence-electron chi connectivity index (χ0n) is 11.4. The highest BCUT2D eigenvalue weighted by atomic mass is 35.5. The van der Waals surface area contributed by atoms with E-state index in [1.54, 1.807) is 25.1 Å². The van der Waals surface area contributed by atoms with E-state index in [2.05, 4.69) is 20.7 Å². The normalized spacial score (nSPS) is 16.3. The fourth-order valence-electron chi connectivity index (χ4n) is 2.18. The van der Waals surface area contributed by atoms with Gasteiger partial charge >= 0.3 is 0 Å². The van der Waals surface area contributed by atoms with E-state index in [0.29, 0.717) is 27.5 Å². The summed E-state index contributed by atoms with van der Waals surface area (Å²) < 4.78 is 1.42. The zero-order valence-corrected chi connectivity index (χ0v) is 12.9. The molecule has 1 aliphatic heterocycles. The summed E-state index contributed by atoms with van der Waals surface area (Å²) in [5, 5.41) is 10.1. The van der Waals surface area contributed by atoms with Crippen molar-refractivity contribution in [2.45, 2.75) is 19.4 Å². The Morgan fingerprint density at radius 1 is 1.41 bits per heavy atom. The Morgan fingerprint density at radius 3 is 2.91 bits per heavy atom. The van der Waals surface area contributed by atoms with Crippen molar-refractivity contribution in [2.24, 2.45) is 0 Å². The Morgan fingerprint density at radius 2 is 2.18 bits per heavy atom. The minimum atomic E-state index is -0.709. The minimum absolute atomic E-state index is 0.0537. The van der Waals surface area contributed by atoms with Gasteiger partial charge in [0.1, 0.15) is 11.9 Å². The number of nitrogens with zero attached hydrogens (tertiary/aromatic N) is 3. The molecule has 2 aromatic rings. The van der Waals surface area contributed by atoms with Crippen LogP contribution in [0, 0.1) is 6.92 Å². The average molecular weight is 340 g/mol. The lowest BCUT2D eigenvalue weighted by atomic mass is 10.2. The Hall–Kier alpha value is -2.12. The SMILES string of the molecule is Cc1nc2n(n1)[C@@H](CC(=O)Nc1ccc(Cl)c(Cl)c1)C(=O)N2. The van der Waals surface area contributed by atoms with Gasteiger partial charge in [0.25, 0.3) is 5.91 Å². The molecule has 1 atom stereocenters. The van der Waals surface area contributed by atoms with Gasteiger partial charge in [-0.25, -0.2) is 4.68 Å². The van der Waals surface area contributed by atoms with Crippen molar-refractivity contribution in [1.82, 2.24) is 14.8 Å². The van der Waals surface area contributed by atoms with Crippen LogP contribution in [0.5, 0.6) is 0 Å². The van der Waals surface area contributed by atoms with Gasteiger partial charge in [0.05, 0.1) is 16.5 Å². The van der Waals surface area contributed by atoms with Crippen LogP contribution in [0.2, 0.25) is 10.0 Å². The molecule has 0 saturated heterocycles. The topological polar surface area (TPSA) is 88.9 Å². The first-order valence-electron chi connectivity index (χ1n) is 6.43. The van der Waals surface area contributed by atoms with E-state index in [1.807, 2.05) is 0 Å². The number of aromatic nitrogens is 3. The van der Waals surface area contributed by atoms with Gasteiger partial charge < -0.3 is 5.32 Å². The summed E-state index contributed by atoms with van der Waals surface area (Å²) in [5.41, 5.74) is 0.507. The van der Waals surface area contributed by atoms with Crippen LogP contribution in [0.1, 0.15) is 18.3 Å². The molecule has 0 spiro atoms. The summed E-state index contributed by atoms with van der Waals surface area (Å²) in [7, 11) is 0. The molecule has 3 rings (SSSR count). The van der Waals surface area contributed by atoms with Crippen molar-refractivity contribution in [3.05, 3.63) is 34.1 Å². The fourth-order valence-corrected chi connectivity index (χ4v) is 2.48. The van der Waals surface area contributed by atoms with Crippen molar-refractivity contribution < 1.29 is 9.59 Å². The number of benzene rings is 1. The van der Waals surface area contributed by atoms with Crippen molar-refractivity contribution in [3.63, 3.8) is 0 Å². The van der Waals surface area contributed by atoms with E-state index in [4.69, 9.17) is 23.2 Å². The Bertz CT molecular complexity index is 774. The number of halogens is 2. The van der Waals surface area contributed by atoms with E-state index in [0.717, 1.165) is 0 Å². The minimum Gasteiger partial charge on any atom is -0.326 e. The molecule has 1 aliphatic rings. The molecule has 9 heteroatoms. The number of rotatable bonds is 3. The number of hydrogen-bond acceptors (Lipinski definition) is 4. The second-order valence-corrected chi connectivity index (χ2v) is 5.63. The molecule has 114 valence electrons. The Labute approximate surface area is 135 Å². The van der Waals surface area contributed by atoms with Gasteiger partial charge in [-0.05, 0) is 25.1 Å². The Balaban J connectivity index is 1.71. The van der Waals surface area contributed by atoms with Gasteiger partial charge in [0.15, 0.2) is 0 Å². The van der Waals surface area contributed by atoms with E-state index < -0.39 is 6.04 Å². The quantitative estimate of drug-likeness (QED) is 0.898. The van der Waals surface area contributed by atoms with E-state index in [1.165, 1.54) is 4.68 Å². The number of aryl methyl sites for hydroxylation is 1. The largest absolute Gasteiger partial charge is 0.326 e. The summed E-state index contributed by atoms with van der Waals surface area (Å²) in [5.74, 6) is 0.249. The zero-order chi connectivity index (χ0) is 15.9. The monoisotopic (exact) mass is 339 g/mol. The number of amides is 2. The fraction of sp³-hybridized carbons (Fsp3) is 0.231. The number of carbonyl (C=O) groups is 2. The maximum atomic E-state index is 12.1. The molecule has 1 aromatic heterocycles. The second-order valence-electron chi connectivity index (χ2n) is 4.81. The number of anilines is 2. The van der Waals surface area contributed by atoms with Crippen molar-refractivity contribution in [2.75, 3.05) is 10.6 Å². The number of nitrogens with one attached hydrogen (secondary N) is 2. The van der Waals surface area contributed by atoms with Crippen LogP contribution in [0.15, 0.2) is 18.2 Å². The lowest BCUT2D eigenvalue weighted by Gasteiger charge is -2.10. The van der Waals surface area contributed by atoms with Crippen molar-refractivity contribution >= 4 is 46.7 Å². The van der Waals surface area contributed by atoms with Crippen LogP contribution in [0.4, 0.5) is 11.6 Å². The lowest BCUT2D eigenvalue weighted by Crippen LogP contribution is -2.23. The van der Waals surface area contributed by atoms with Crippen LogP contribution in [0.3, 0.4) is 0 Å². The highest BCUT2D eigenvalue weighted by molar-refractivity contribution is 6.42. The van der Waals surface area contributed by atoms with E-state index in [-0.39, 0.29) is 18.2 Å². The van der Waals surface area contributed by atoms with Crippen molar-refractivity contribution in [1.29, 1.82) is 0 Å². The molecule has 2 heterocycles. The van der Waals surface area contributed by atoms with Crippen molar-refractivity contribution in [3.8, 4) is 0 Å². The highest BCUT2D eigenvalue weighted by Gasteiger charge is 2.34. The molecule has 2 N–H and O–H groups in total. The standard InChI is InChI=1S/C13H11Cl2N5O2/c1-6-16-13-18-12(22)10(20(13)19-6)5-11(21)17-7-2-3-8(14)9(15)4-7/h2-4,10H,5H2,1H3,(H,17,21)(H,16,18,19,22)/t10-/m0/s1. The number of carbonyl (C=O) groups excluding carboxylic acids is 2. The predicted octanol–water partition coefficient (Wildman–Crippen LogP) is 2.42. The molecule has 0 radical (unpaired) electrons. The van der Waals surface area contributed by atoms with Gasteiger partial charge in [-0.15, -0.1) is 0 Å². The third-order valence-electron chi connectivity index (χ3n) is 3.15. The predicted molar refractivity (Wildman–Crippen MR) is 82.1 cm³/mol. The van der Waals surface area contributed by atoms with Crippen LogP contribution >= 0.6 is 23.2 Å². The van der Waals surface area contributed by atoms with Gasteiger partial charge in [-0.2, -0.15) is 10.1 Å². The molecule has 2 amide bonds. The molecule has 1 aromatic carbocycles. The van der Waals surface area contributed by atoms with E-state index >= 15 is 0 Å². The summed E-state index contributed by atoms with van der Waals surface area (Å²) >= 11 is 11.7. The van der Waals surface area contributed by atoms with E-state index in [9.17, 15) is 9.59 Å². The van der Waals surface area contributed by atoms with Crippen LogP contribution < -0.4 is 10.6 Å². The maximum absolute atomic E-state index is 12.1. The van der Waals surface area contributed by atoms with Crippen LogP contribution in [-0.4, -0.2) is 26.6 Å². The molecule has 7 nitrogen and oxygen atoms in total. The molecule has 0 fully saturated rings. The molecular formula is C13H11Cl2N5O2. The number of hydrogen-bond donors (Lipinski definition) is 2. The first-order valence-corrected chi connectivity index (χ1v) is 7.18. The van der Waals surface area contributed by atoms with Gasteiger partial charge in [-0.3, -0.25) is 14.9 Å². The molecular weight excluding hydrogens is 329 g/mol. The van der Waals surface area contributed by atoms with Gasteiger partial charge in [-0.1, -0.05) is 23.2 Å². The smallest absolute Gasteiger partial charge is 0.252 e. The lowest BCUT2D eigenvalue weighted by molar-refractivity contribution is -0.123.